The number of hydrogen-bond acceptors (Lipinski definition) is 3. The summed E-state index contributed by atoms with van der Waals surface area (Å²) in [5.74, 6) is 0.848. The molecule has 0 fully saturated rings. The van der Waals surface area contributed by atoms with Crippen LogP contribution in [-0.4, -0.2) is 15.0 Å². The molecule has 0 spiro atoms. The maximum absolute atomic E-state index is 12.6. The van der Waals surface area contributed by atoms with Gasteiger partial charge in [0.05, 0.1) is 11.5 Å². The lowest BCUT2D eigenvalue weighted by molar-refractivity contribution is 0.357. The number of aryl methyl sites for hydroxylation is 2. The minimum atomic E-state index is -3.54. The summed E-state index contributed by atoms with van der Waals surface area (Å²) in [5.41, 5.74) is 4.07. The molecule has 1 aliphatic carbocycles. The van der Waals surface area contributed by atoms with Gasteiger partial charge in [-0.15, -0.1) is 0 Å². The van der Waals surface area contributed by atoms with E-state index < -0.39 is 10.0 Å². The fourth-order valence-corrected chi connectivity index (χ4v) is 4.28. The molecule has 0 aromatic heterocycles. The van der Waals surface area contributed by atoms with Crippen molar-refractivity contribution in [3.63, 3.8) is 0 Å². The summed E-state index contributed by atoms with van der Waals surface area (Å²) in [6.07, 6.45) is 3.95. The standard InChI is InChI=1S/C17H17NO3S/c19-22(20,16-6-4-12-2-1-3-13(12)11-16)18-15-5-7-17-14(10-15)8-9-21-17/h4-7,10-11,18H,1-3,8-9H2. The Hall–Kier alpha value is -2.01. The third-order valence-corrected chi connectivity index (χ3v) is 5.70. The Kier molecular flexibility index (Phi) is 3.11. The highest BCUT2D eigenvalue weighted by molar-refractivity contribution is 7.92. The van der Waals surface area contributed by atoms with Crippen molar-refractivity contribution in [2.45, 2.75) is 30.6 Å². The van der Waals surface area contributed by atoms with Gasteiger partial charge in [0, 0.05) is 12.1 Å². The largest absolute Gasteiger partial charge is 0.493 e. The number of fused-ring (bicyclic) bond motifs is 2. The molecule has 2 aromatic rings. The average Bonchev–Trinajstić information content (AvgIpc) is 3.14. The van der Waals surface area contributed by atoms with Gasteiger partial charge in [0.15, 0.2) is 0 Å². The van der Waals surface area contributed by atoms with E-state index in [9.17, 15) is 8.42 Å². The van der Waals surface area contributed by atoms with Crippen LogP contribution >= 0.6 is 0 Å². The molecule has 0 radical (unpaired) electrons. The predicted molar refractivity (Wildman–Crippen MR) is 84.9 cm³/mol. The molecule has 4 nitrogen and oxygen atoms in total. The molecule has 0 atom stereocenters. The van der Waals surface area contributed by atoms with E-state index in [-0.39, 0.29) is 0 Å². The number of hydrogen-bond donors (Lipinski definition) is 1. The Morgan fingerprint density at radius 3 is 2.68 bits per heavy atom. The van der Waals surface area contributed by atoms with Gasteiger partial charge in [-0.2, -0.15) is 0 Å². The lowest BCUT2D eigenvalue weighted by Gasteiger charge is -2.10. The van der Waals surface area contributed by atoms with Crippen molar-refractivity contribution >= 4 is 15.7 Å². The van der Waals surface area contributed by atoms with Gasteiger partial charge in [-0.1, -0.05) is 6.07 Å². The van der Waals surface area contributed by atoms with Crippen molar-refractivity contribution in [3.05, 3.63) is 53.1 Å². The number of nitrogens with one attached hydrogen (secondary N) is 1. The highest BCUT2D eigenvalue weighted by Gasteiger charge is 2.20. The smallest absolute Gasteiger partial charge is 0.261 e. The van der Waals surface area contributed by atoms with E-state index in [0.29, 0.717) is 17.2 Å². The van der Waals surface area contributed by atoms with Crippen molar-refractivity contribution in [3.8, 4) is 5.75 Å². The van der Waals surface area contributed by atoms with Gasteiger partial charge in [0.1, 0.15) is 5.75 Å². The van der Waals surface area contributed by atoms with Gasteiger partial charge in [-0.3, -0.25) is 4.72 Å². The molecule has 2 aromatic carbocycles. The third-order valence-electron chi connectivity index (χ3n) is 4.32. The first-order valence-corrected chi connectivity index (χ1v) is 9.00. The molecular weight excluding hydrogens is 298 g/mol. The Morgan fingerprint density at radius 1 is 0.909 bits per heavy atom. The van der Waals surface area contributed by atoms with Crippen LogP contribution in [0.3, 0.4) is 0 Å². The average molecular weight is 315 g/mol. The highest BCUT2D eigenvalue weighted by atomic mass is 32.2. The third kappa shape index (κ3) is 2.35. The molecule has 0 amide bonds. The molecule has 22 heavy (non-hydrogen) atoms. The van der Waals surface area contributed by atoms with Crippen molar-refractivity contribution in [2.24, 2.45) is 0 Å². The van der Waals surface area contributed by atoms with E-state index in [1.165, 1.54) is 5.56 Å². The van der Waals surface area contributed by atoms with Gasteiger partial charge in [0.2, 0.25) is 0 Å². The first-order valence-electron chi connectivity index (χ1n) is 7.52. The summed E-state index contributed by atoms with van der Waals surface area (Å²) in [7, 11) is -3.54. The molecule has 1 heterocycles. The second kappa shape index (κ2) is 5.02. The van der Waals surface area contributed by atoms with Crippen molar-refractivity contribution in [1.29, 1.82) is 0 Å². The van der Waals surface area contributed by atoms with Crippen LogP contribution < -0.4 is 9.46 Å². The summed E-state index contributed by atoms with van der Waals surface area (Å²) < 4.78 is 33.2. The molecular formula is C17H17NO3S. The van der Waals surface area contributed by atoms with Crippen LogP contribution in [-0.2, 0) is 29.3 Å². The van der Waals surface area contributed by atoms with E-state index in [0.717, 1.165) is 42.6 Å². The number of anilines is 1. The maximum atomic E-state index is 12.6. The maximum Gasteiger partial charge on any atom is 0.261 e. The lowest BCUT2D eigenvalue weighted by Crippen LogP contribution is -2.13. The number of sulfonamides is 1. The molecule has 2 aliphatic rings. The van der Waals surface area contributed by atoms with E-state index in [1.54, 1.807) is 18.2 Å². The number of ether oxygens (including phenoxy) is 1. The summed E-state index contributed by atoms with van der Waals surface area (Å²) >= 11 is 0. The van der Waals surface area contributed by atoms with E-state index >= 15 is 0 Å². The fraction of sp³-hybridized carbons (Fsp3) is 0.294. The van der Waals surface area contributed by atoms with E-state index in [4.69, 9.17) is 4.74 Å². The summed E-state index contributed by atoms with van der Waals surface area (Å²) in [5, 5.41) is 0. The fourth-order valence-electron chi connectivity index (χ4n) is 3.18. The van der Waals surface area contributed by atoms with Gasteiger partial charge in [-0.25, -0.2) is 8.42 Å². The number of benzene rings is 2. The van der Waals surface area contributed by atoms with E-state index in [1.807, 2.05) is 18.2 Å². The summed E-state index contributed by atoms with van der Waals surface area (Å²) in [4.78, 5) is 0.338. The Bertz CT molecular complexity index is 843. The molecule has 4 rings (SSSR count). The molecule has 1 aliphatic heterocycles. The zero-order valence-electron chi connectivity index (χ0n) is 12.1. The van der Waals surface area contributed by atoms with Crippen LogP contribution in [0.4, 0.5) is 5.69 Å². The topological polar surface area (TPSA) is 55.4 Å². The lowest BCUT2D eigenvalue weighted by atomic mass is 10.1. The highest BCUT2D eigenvalue weighted by Crippen LogP contribution is 2.30. The van der Waals surface area contributed by atoms with Crippen LogP contribution in [0.1, 0.15) is 23.1 Å². The summed E-state index contributed by atoms with van der Waals surface area (Å²) in [6, 6.07) is 10.9. The molecule has 0 unspecified atom stereocenters. The Morgan fingerprint density at radius 2 is 1.77 bits per heavy atom. The molecule has 1 N–H and O–H groups in total. The van der Waals surface area contributed by atoms with Crippen LogP contribution in [0, 0.1) is 0 Å². The minimum Gasteiger partial charge on any atom is -0.493 e. The Balaban J connectivity index is 1.64. The van der Waals surface area contributed by atoms with Crippen molar-refractivity contribution in [2.75, 3.05) is 11.3 Å². The molecule has 0 saturated heterocycles. The number of rotatable bonds is 3. The molecule has 5 heteroatoms. The molecule has 114 valence electrons. The predicted octanol–water partition coefficient (Wildman–Crippen LogP) is 2.91. The van der Waals surface area contributed by atoms with Crippen molar-refractivity contribution in [1.82, 2.24) is 0 Å². The SMILES string of the molecule is O=S(=O)(Nc1ccc2c(c1)CCO2)c1ccc2c(c1)CCC2. The summed E-state index contributed by atoms with van der Waals surface area (Å²) in [6.45, 7) is 0.663. The zero-order chi connectivity index (χ0) is 15.2. The molecule has 0 bridgehead atoms. The van der Waals surface area contributed by atoms with Gasteiger partial charge < -0.3 is 4.74 Å². The minimum absolute atomic E-state index is 0.338. The van der Waals surface area contributed by atoms with Crippen LogP contribution in [0.5, 0.6) is 5.75 Å². The normalized spacial score (nSPS) is 16.0. The van der Waals surface area contributed by atoms with Gasteiger partial charge in [-0.05, 0) is 66.3 Å². The Labute approximate surface area is 130 Å². The van der Waals surface area contributed by atoms with Crippen LogP contribution in [0.15, 0.2) is 41.3 Å². The second-order valence-electron chi connectivity index (χ2n) is 5.81. The second-order valence-corrected chi connectivity index (χ2v) is 7.49. The molecule has 0 saturated carbocycles. The van der Waals surface area contributed by atoms with Crippen molar-refractivity contribution < 1.29 is 13.2 Å². The first kappa shape index (κ1) is 13.6. The van der Waals surface area contributed by atoms with Crippen LogP contribution in [0.2, 0.25) is 0 Å². The first-order chi connectivity index (χ1) is 10.6. The quantitative estimate of drug-likeness (QED) is 0.947. The van der Waals surface area contributed by atoms with Gasteiger partial charge in [0.25, 0.3) is 10.0 Å². The van der Waals surface area contributed by atoms with E-state index in [2.05, 4.69) is 4.72 Å². The zero-order valence-corrected chi connectivity index (χ0v) is 12.9. The monoisotopic (exact) mass is 315 g/mol. The van der Waals surface area contributed by atoms with Crippen LogP contribution in [0.25, 0.3) is 0 Å². The van der Waals surface area contributed by atoms with Gasteiger partial charge >= 0.3 is 0 Å².